The fourth-order valence-corrected chi connectivity index (χ4v) is 0.777. The molecule has 1 fully saturated rings. The number of nitrogens with one attached hydrogen (secondary N) is 1. The van der Waals surface area contributed by atoms with Gasteiger partial charge >= 0.3 is 0 Å². The Labute approximate surface area is 43.9 Å². The summed E-state index contributed by atoms with van der Waals surface area (Å²) in [5.74, 6) is 0. The van der Waals surface area contributed by atoms with Crippen molar-refractivity contribution in [2.45, 2.75) is 26.2 Å². The summed E-state index contributed by atoms with van der Waals surface area (Å²) < 4.78 is 5.25. The molecule has 1 aliphatic heterocycles. The second-order valence-electron chi connectivity index (χ2n) is 2.00. The second-order valence-corrected chi connectivity index (χ2v) is 2.00. The first-order chi connectivity index (χ1) is 3.29. The zero-order valence-corrected chi connectivity index (χ0v) is 4.77. The van der Waals surface area contributed by atoms with Gasteiger partial charge in [0.25, 0.3) is 0 Å². The Hall–Kier alpha value is -0.0800. The molecule has 1 heterocycles. The molecule has 42 valence electrons. The first kappa shape index (κ1) is 5.06. The lowest BCUT2D eigenvalue weighted by atomic mass is 10.4. The summed E-state index contributed by atoms with van der Waals surface area (Å²) in [7, 11) is 0. The van der Waals surface area contributed by atoms with Gasteiger partial charge in [0, 0.05) is 6.54 Å². The molecule has 2 heteroatoms. The molecular formula is C5H11NO. The zero-order valence-electron chi connectivity index (χ0n) is 4.77. The Kier molecular flexibility index (Phi) is 1.30. The van der Waals surface area contributed by atoms with E-state index in [-0.39, 0.29) is 6.23 Å². The predicted octanol–water partition coefficient (Wildman–Crippen LogP) is 0.341. The van der Waals surface area contributed by atoms with Crippen LogP contribution in [-0.4, -0.2) is 18.9 Å². The smallest absolute Gasteiger partial charge is 0.105 e. The van der Waals surface area contributed by atoms with E-state index >= 15 is 0 Å². The largest absolute Gasteiger partial charge is 0.359 e. The Morgan fingerprint density at radius 2 is 2.29 bits per heavy atom. The van der Waals surface area contributed by atoms with Crippen LogP contribution in [0.3, 0.4) is 0 Å². The molecule has 0 saturated carbocycles. The van der Waals surface area contributed by atoms with Crippen molar-refractivity contribution >= 4 is 0 Å². The van der Waals surface area contributed by atoms with Crippen molar-refractivity contribution in [3.8, 4) is 0 Å². The highest BCUT2D eigenvalue weighted by Gasteiger charge is 2.14. The van der Waals surface area contributed by atoms with Gasteiger partial charge in [0.1, 0.15) is 6.23 Å². The average Bonchev–Trinajstić information content (AvgIpc) is 1.87. The summed E-state index contributed by atoms with van der Waals surface area (Å²) in [6, 6.07) is 0. The van der Waals surface area contributed by atoms with Crippen molar-refractivity contribution in [1.82, 2.24) is 5.32 Å². The lowest BCUT2D eigenvalue weighted by molar-refractivity contribution is 0.0637. The molecule has 7 heavy (non-hydrogen) atoms. The van der Waals surface area contributed by atoms with E-state index in [1.165, 1.54) is 0 Å². The molecule has 1 unspecified atom stereocenters. The molecule has 0 aliphatic carbocycles. The van der Waals surface area contributed by atoms with Gasteiger partial charge in [-0.05, 0) is 13.8 Å². The molecule has 2 nitrogen and oxygen atoms in total. The van der Waals surface area contributed by atoms with Crippen molar-refractivity contribution in [3.63, 3.8) is 0 Å². The maximum Gasteiger partial charge on any atom is 0.105 e. The first-order valence-corrected chi connectivity index (χ1v) is 2.68. The highest BCUT2D eigenvalue weighted by molar-refractivity contribution is 4.64. The minimum absolute atomic E-state index is 0.273. The molecule has 0 spiro atoms. The monoisotopic (exact) mass is 101 g/mol. The maximum atomic E-state index is 5.25. The van der Waals surface area contributed by atoms with Crippen molar-refractivity contribution in [3.05, 3.63) is 0 Å². The summed E-state index contributed by atoms with van der Waals surface area (Å²) in [6.45, 7) is 5.08. The molecule has 1 saturated heterocycles. The van der Waals surface area contributed by atoms with E-state index in [4.69, 9.17) is 4.74 Å². The molecule has 0 aromatic rings. The molecule has 0 aromatic heterocycles. The van der Waals surface area contributed by atoms with Gasteiger partial charge < -0.3 is 4.74 Å². The average molecular weight is 101 g/mol. The van der Waals surface area contributed by atoms with Gasteiger partial charge in [-0.1, -0.05) is 0 Å². The molecule has 1 aliphatic rings. The van der Waals surface area contributed by atoms with Gasteiger partial charge in [0.2, 0.25) is 0 Å². The minimum Gasteiger partial charge on any atom is -0.359 e. The second kappa shape index (κ2) is 1.80. The van der Waals surface area contributed by atoms with Crippen LogP contribution in [0.25, 0.3) is 0 Å². The van der Waals surface area contributed by atoms with Gasteiger partial charge in [0.05, 0.1) is 6.10 Å². The van der Waals surface area contributed by atoms with Crippen LogP contribution in [0.4, 0.5) is 0 Å². The Morgan fingerprint density at radius 1 is 1.57 bits per heavy atom. The van der Waals surface area contributed by atoms with Crippen LogP contribution in [0.2, 0.25) is 0 Å². The predicted molar refractivity (Wildman–Crippen MR) is 28.0 cm³/mol. The summed E-state index contributed by atoms with van der Waals surface area (Å²) in [5, 5.41) is 3.15. The first-order valence-electron chi connectivity index (χ1n) is 2.68. The number of hydrogen-bond donors (Lipinski definition) is 1. The van der Waals surface area contributed by atoms with Gasteiger partial charge in [0.15, 0.2) is 0 Å². The van der Waals surface area contributed by atoms with E-state index in [1.54, 1.807) is 0 Å². The summed E-state index contributed by atoms with van der Waals surface area (Å²) in [4.78, 5) is 0. The topological polar surface area (TPSA) is 21.3 Å². The molecule has 1 rings (SSSR count). The lowest BCUT2D eigenvalue weighted by Crippen LogP contribution is -2.17. The third kappa shape index (κ3) is 1.14. The van der Waals surface area contributed by atoms with Crippen LogP contribution in [0.5, 0.6) is 0 Å². The van der Waals surface area contributed by atoms with Crippen LogP contribution in [0, 0.1) is 0 Å². The molecule has 2 atom stereocenters. The van der Waals surface area contributed by atoms with Crippen LogP contribution >= 0.6 is 0 Å². The Morgan fingerprint density at radius 3 is 2.43 bits per heavy atom. The van der Waals surface area contributed by atoms with E-state index in [1.807, 2.05) is 6.92 Å². The van der Waals surface area contributed by atoms with E-state index in [0.29, 0.717) is 6.10 Å². The molecule has 1 N–H and O–H groups in total. The van der Waals surface area contributed by atoms with Crippen molar-refractivity contribution in [2.24, 2.45) is 0 Å². The fourth-order valence-electron chi connectivity index (χ4n) is 0.777. The summed E-state index contributed by atoms with van der Waals surface area (Å²) in [6.07, 6.45) is 0.685. The van der Waals surface area contributed by atoms with Crippen molar-refractivity contribution in [1.29, 1.82) is 0 Å². The van der Waals surface area contributed by atoms with Gasteiger partial charge in [-0.25, -0.2) is 0 Å². The lowest BCUT2D eigenvalue weighted by Gasteiger charge is -2.00. The summed E-state index contributed by atoms with van der Waals surface area (Å²) in [5.41, 5.74) is 0. The van der Waals surface area contributed by atoms with Gasteiger partial charge in [-0.3, -0.25) is 5.32 Å². The van der Waals surface area contributed by atoms with E-state index in [2.05, 4.69) is 12.2 Å². The van der Waals surface area contributed by atoms with Gasteiger partial charge in [-0.15, -0.1) is 0 Å². The van der Waals surface area contributed by atoms with Crippen LogP contribution < -0.4 is 5.32 Å². The standard InChI is InChI=1S/C5H11NO/c1-4-3-6-5(2)7-4/h4-6H,3H2,1-2H3/t4?,5-/m0/s1. The SMILES string of the molecule is CC1CN[C@H](C)O1. The molecule has 0 radical (unpaired) electrons. The highest BCUT2D eigenvalue weighted by Crippen LogP contribution is 2.00. The molecule has 0 bridgehead atoms. The maximum absolute atomic E-state index is 5.25. The quantitative estimate of drug-likeness (QED) is 0.475. The molecule has 0 aromatic carbocycles. The Bertz CT molecular complexity index is 57.1. The van der Waals surface area contributed by atoms with Crippen LogP contribution in [0.1, 0.15) is 13.8 Å². The molecule has 0 amide bonds. The Balaban J connectivity index is 2.26. The third-order valence-electron chi connectivity index (χ3n) is 1.13. The van der Waals surface area contributed by atoms with Crippen LogP contribution in [-0.2, 0) is 4.74 Å². The minimum atomic E-state index is 0.273. The van der Waals surface area contributed by atoms with Gasteiger partial charge in [-0.2, -0.15) is 0 Å². The fraction of sp³-hybridized carbons (Fsp3) is 1.00. The van der Waals surface area contributed by atoms with E-state index in [9.17, 15) is 0 Å². The summed E-state index contributed by atoms with van der Waals surface area (Å²) >= 11 is 0. The number of hydrogen-bond acceptors (Lipinski definition) is 2. The van der Waals surface area contributed by atoms with E-state index in [0.717, 1.165) is 6.54 Å². The highest BCUT2D eigenvalue weighted by atomic mass is 16.5. The zero-order chi connectivity index (χ0) is 5.28. The third-order valence-corrected chi connectivity index (χ3v) is 1.13. The van der Waals surface area contributed by atoms with E-state index < -0.39 is 0 Å². The van der Waals surface area contributed by atoms with Crippen molar-refractivity contribution in [2.75, 3.05) is 6.54 Å². The van der Waals surface area contributed by atoms with Crippen molar-refractivity contribution < 1.29 is 4.74 Å². The molecular weight excluding hydrogens is 90.1 g/mol. The normalized spacial score (nSPS) is 42.0. The van der Waals surface area contributed by atoms with Crippen LogP contribution in [0.15, 0.2) is 0 Å². The number of rotatable bonds is 0. The number of ether oxygens (including phenoxy) is 1.